The minimum absolute atomic E-state index is 0.131. The molecule has 3 rings (SSSR count). The van der Waals surface area contributed by atoms with Gasteiger partial charge in [-0.1, -0.05) is 5.21 Å². The first kappa shape index (κ1) is 26.1. The number of nitrogens with zero attached hydrogens (tertiary/aromatic N) is 3. The Morgan fingerprint density at radius 2 is 1.75 bits per heavy atom. The smallest absolute Gasteiger partial charge is 0.408 e. The van der Waals surface area contributed by atoms with Crippen molar-refractivity contribution in [2.45, 2.75) is 26.4 Å². The molecule has 12 nitrogen and oxygen atoms in total. The van der Waals surface area contributed by atoms with Gasteiger partial charge in [-0.05, 0) is 39.0 Å². The van der Waals surface area contributed by atoms with Crippen LogP contribution < -0.4 is 24.8 Å². The van der Waals surface area contributed by atoms with Gasteiger partial charge in [0.15, 0.2) is 11.5 Å². The van der Waals surface area contributed by atoms with Crippen LogP contribution in [0, 0.1) is 0 Å². The van der Waals surface area contributed by atoms with E-state index in [2.05, 4.69) is 20.9 Å². The molecule has 0 fully saturated rings. The molecule has 0 atom stereocenters. The molecule has 0 saturated heterocycles. The van der Waals surface area contributed by atoms with E-state index in [-0.39, 0.29) is 18.0 Å². The van der Waals surface area contributed by atoms with Crippen LogP contribution in [0.1, 0.15) is 20.8 Å². The number of hydrogen-bond acceptors (Lipinski definition) is 9. The van der Waals surface area contributed by atoms with Gasteiger partial charge in [0.2, 0.25) is 11.7 Å². The van der Waals surface area contributed by atoms with Gasteiger partial charge in [-0.25, -0.2) is 9.48 Å². The topological polar surface area (TPSA) is 146 Å². The summed E-state index contributed by atoms with van der Waals surface area (Å²) in [5, 5.41) is 23.6. The number of benzene rings is 2. The number of amides is 2. The standard InChI is InChI=1S/C24H29N5O7/c1-24(2,3)36-23(32)25-13-21(31)27-16-9-14(7-8-19(16)33-4)17-12-26-28-29(17)15-10-18(30)22(35-6)20(11-15)34-5/h7-12,30H,13H2,1-6H3,(H,25,32)(H,27,31). The molecule has 2 aromatic carbocycles. The van der Waals surface area contributed by atoms with E-state index < -0.39 is 17.6 Å². The highest BCUT2D eigenvalue weighted by Crippen LogP contribution is 2.39. The van der Waals surface area contributed by atoms with Crippen molar-refractivity contribution in [1.29, 1.82) is 0 Å². The molecule has 1 aromatic heterocycles. The highest BCUT2D eigenvalue weighted by atomic mass is 16.6. The number of phenolic OH excluding ortho intramolecular Hbond substituents is 1. The molecule has 0 radical (unpaired) electrons. The monoisotopic (exact) mass is 499 g/mol. The third-order valence-electron chi connectivity index (χ3n) is 4.80. The van der Waals surface area contributed by atoms with E-state index in [4.69, 9.17) is 18.9 Å². The number of phenols is 1. The zero-order valence-electron chi connectivity index (χ0n) is 20.9. The maximum Gasteiger partial charge on any atom is 0.408 e. The zero-order chi connectivity index (χ0) is 26.5. The number of anilines is 1. The molecule has 0 bridgehead atoms. The lowest BCUT2D eigenvalue weighted by Gasteiger charge is -2.19. The highest BCUT2D eigenvalue weighted by Gasteiger charge is 2.19. The first-order valence-electron chi connectivity index (χ1n) is 10.9. The zero-order valence-corrected chi connectivity index (χ0v) is 20.9. The van der Waals surface area contributed by atoms with Gasteiger partial charge >= 0.3 is 6.09 Å². The summed E-state index contributed by atoms with van der Waals surface area (Å²) in [7, 11) is 4.36. The SMILES string of the molecule is COc1ccc(-c2cnnn2-c2cc(O)c(OC)c(OC)c2)cc1NC(=O)CNC(=O)OC(C)(C)C. The lowest BCUT2D eigenvalue weighted by Crippen LogP contribution is -2.37. The fourth-order valence-corrected chi connectivity index (χ4v) is 3.30. The van der Waals surface area contributed by atoms with Crippen LogP contribution in [0.2, 0.25) is 0 Å². The van der Waals surface area contributed by atoms with Crippen molar-refractivity contribution in [2.24, 2.45) is 0 Å². The molecule has 192 valence electrons. The van der Waals surface area contributed by atoms with Crippen LogP contribution >= 0.6 is 0 Å². The average molecular weight is 500 g/mol. The van der Waals surface area contributed by atoms with E-state index >= 15 is 0 Å². The van der Waals surface area contributed by atoms with E-state index in [9.17, 15) is 14.7 Å². The van der Waals surface area contributed by atoms with Crippen LogP contribution in [0.25, 0.3) is 16.9 Å². The molecule has 36 heavy (non-hydrogen) atoms. The summed E-state index contributed by atoms with van der Waals surface area (Å²) >= 11 is 0. The Hall–Kier alpha value is -4.48. The molecule has 0 unspecified atom stereocenters. The lowest BCUT2D eigenvalue weighted by molar-refractivity contribution is -0.115. The molecule has 0 saturated carbocycles. The van der Waals surface area contributed by atoms with Crippen molar-refractivity contribution in [3.8, 4) is 39.9 Å². The number of ether oxygens (including phenoxy) is 4. The maximum absolute atomic E-state index is 12.5. The van der Waals surface area contributed by atoms with Gasteiger partial charge in [-0.2, -0.15) is 0 Å². The quantitative estimate of drug-likeness (QED) is 0.425. The predicted octanol–water partition coefficient (Wildman–Crippen LogP) is 3.13. The van der Waals surface area contributed by atoms with Gasteiger partial charge in [0, 0.05) is 17.7 Å². The summed E-state index contributed by atoms with van der Waals surface area (Å²) in [5.41, 5.74) is 1.37. The molecule has 2 amide bonds. The Balaban J connectivity index is 1.87. The minimum Gasteiger partial charge on any atom is -0.504 e. The molecule has 3 N–H and O–H groups in total. The Kier molecular flexibility index (Phi) is 7.87. The number of aromatic nitrogens is 3. The molecule has 0 aliphatic carbocycles. The lowest BCUT2D eigenvalue weighted by atomic mass is 10.1. The van der Waals surface area contributed by atoms with E-state index in [1.54, 1.807) is 45.0 Å². The molecule has 1 heterocycles. The first-order valence-corrected chi connectivity index (χ1v) is 10.9. The third-order valence-corrected chi connectivity index (χ3v) is 4.80. The number of carbonyl (C=O) groups is 2. The van der Waals surface area contributed by atoms with Crippen LogP contribution in [0.4, 0.5) is 10.5 Å². The summed E-state index contributed by atoms with van der Waals surface area (Å²) in [4.78, 5) is 24.3. The number of carbonyl (C=O) groups excluding carboxylic acids is 2. The van der Waals surface area contributed by atoms with Crippen LogP contribution in [0.15, 0.2) is 36.5 Å². The summed E-state index contributed by atoms with van der Waals surface area (Å²) in [6, 6.07) is 8.23. The van der Waals surface area contributed by atoms with Crippen LogP contribution in [0.5, 0.6) is 23.0 Å². The molecular weight excluding hydrogens is 470 g/mol. The number of hydrogen-bond donors (Lipinski definition) is 3. The molecular formula is C24H29N5O7. The van der Waals surface area contributed by atoms with Crippen LogP contribution in [0.3, 0.4) is 0 Å². The summed E-state index contributed by atoms with van der Waals surface area (Å²) < 4.78 is 22.5. The fraction of sp³-hybridized carbons (Fsp3) is 0.333. The summed E-state index contributed by atoms with van der Waals surface area (Å²) in [5.74, 6) is 0.305. The van der Waals surface area contributed by atoms with E-state index in [1.807, 2.05) is 0 Å². The second-order valence-electron chi connectivity index (χ2n) is 8.55. The van der Waals surface area contributed by atoms with Crippen LogP contribution in [-0.2, 0) is 9.53 Å². The summed E-state index contributed by atoms with van der Waals surface area (Å²) in [6.45, 7) is 4.89. The largest absolute Gasteiger partial charge is 0.504 e. The Morgan fingerprint density at radius 3 is 2.39 bits per heavy atom. The van der Waals surface area contributed by atoms with Gasteiger partial charge in [0.25, 0.3) is 0 Å². The van der Waals surface area contributed by atoms with Gasteiger partial charge in [0.1, 0.15) is 17.9 Å². The number of alkyl carbamates (subject to hydrolysis) is 1. The minimum atomic E-state index is -0.702. The second-order valence-corrected chi connectivity index (χ2v) is 8.55. The fourth-order valence-electron chi connectivity index (χ4n) is 3.30. The molecule has 0 aliphatic heterocycles. The number of aromatic hydroxyl groups is 1. The van der Waals surface area contributed by atoms with E-state index in [0.717, 1.165) is 0 Å². The average Bonchev–Trinajstić information content (AvgIpc) is 3.31. The molecule has 0 aliphatic rings. The van der Waals surface area contributed by atoms with Gasteiger partial charge in [0.05, 0.1) is 44.6 Å². The third kappa shape index (κ3) is 6.14. The number of nitrogens with one attached hydrogen (secondary N) is 2. The maximum atomic E-state index is 12.5. The van der Waals surface area contributed by atoms with Crippen LogP contribution in [-0.4, -0.2) is 65.6 Å². The Morgan fingerprint density at radius 1 is 1.03 bits per heavy atom. The normalized spacial score (nSPS) is 10.9. The van der Waals surface area contributed by atoms with E-state index in [1.165, 1.54) is 38.3 Å². The molecule has 3 aromatic rings. The van der Waals surface area contributed by atoms with Crippen molar-refractivity contribution in [3.05, 3.63) is 36.5 Å². The predicted molar refractivity (Wildman–Crippen MR) is 131 cm³/mol. The van der Waals surface area contributed by atoms with Crippen molar-refractivity contribution >= 4 is 17.7 Å². The highest BCUT2D eigenvalue weighted by molar-refractivity contribution is 5.95. The second kappa shape index (κ2) is 10.8. The van der Waals surface area contributed by atoms with Crippen molar-refractivity contribution in [3.63, 3.8) is 0 Å². The van der Waals surface area contributed by atoms with Crippen molar-refractivity contribution in [1.82, 2.24) is 20.3 Å². The van der Waals surface area contributed by atoms with E-state index in [0.29, 0.717) is 34.1 Å². The number of rotatable bonds is 8. The molecule has 12 heteroatoms. The molecule has 0 spiro atoms. The van der Waals surface area contributed by atoms with Gasteiger partial charge in [-0.15, -0.1) is 5.10 Å². The summed E-state index contributed by atoms with van der Waals surface area (Å²) in [6.07, 6.45) is 0.831. The first-order chi connectivity index (χ1) is 17.1. The van der Waals surface area contributed by atoms with Crippen molar-refractivity contribution in [2.75, 3.05) is 33.2 Å². The Bertz CT molecular complexity index is 1250. The van der Waals surface area contributed by atoms with Gasteiger partial charge in [-0.3, -0.25) is 4.79 Å². The number of methoxy groups -OCH3 is 3. The van der Waals surface area contributed by atoms with Crippen molar-refractivity contribution < 1.29 is 33.6 Å². The Labute approximate surface area is 208 Å². The van der Waals surface area contributed by atoms with Gasteiger partial charge < -0.3 is 34.7 Å².